The summed E-state index contributed by atoms with van der Waals surface area (Å²) in [5, 5.41) is 11.0. The summed E-state index contributed by atoms with van der Waals surface area (Å²) < 4.78 is 15.2. The van der Waals surface area contributed by atoms with Crippen LogP contribution in [-0.2, 0) is 0 Å². The van der Waals surface area contributed by atoms with E-state index < -0.39 is 27.9 Å². The molecule has 1 N–H and O–H groups in total. The lowest BCUT2D eigenvalue weighted by Crippen LogP contribution is -2.17. The van der Waals surface area contributed by atoms with E-state index in [1.54, 1.807) is 0 Å². The van der Waals surface area contributed by atoms with Crippen molar-refractivity contribution >= 4 is 11.7 Å². The number of benzene rings is 1. The first kappa shape index (κ1) is 17.0. The van der Waals surface area contributed by atoms with Gasteiger partial charge in [-0.05, 0) is 25.1 Å². The Kier molecular flexibility index (Phi) is 4.83. The lowest BCUT2D eigenvalue weighted by molar-refractivity contribution is -0.387. The number of aromatic amines is 1. The molecule has 9 heteroatoms. The molecule has 0 saturated heterocycles. The van der Waals surface area contributed by atoms with Crippen LogP contribution in [0.5, 0.6) is 17.2 Å². The largest absolute Gasteiger partial charge is 0.493 e. The highest BCUT2D eigenvalue weighted by Gasteiger charge is 2.24. The Bertz CT molecular complexity index is 857. The Morgan fingerprint density at radius 1 is 1.12 bits per heavy atom. The third-order valence-corrected chi connectivity index (χ3v) is 3.11. The minimum atomic E-state index is -0.949. The number of nitrogens with one attached hydrogen (secondary N) is 1. The van der Waals surface area contributed by atoms with E-state index in [-0.39, 0.29) is 5.56 Å². The van der Waals surface area contributed by atoms with Gasteiger partial charge in [0.1, 0.15) is 0 Å². The van der Waals surface area contributed by atoms with E-state index >= 15 is 0 Å². The van der Waals surface area contributed by atoms with E-state index in [1.165, 1.54) is 45.4 Å². The lowest BCUT2D eigenvalue weighted by Gasteiger charge is -2.09. The third kappa shape index (κ3) is 3.35. The molecule has 0 unspecified atom stereocenters. The Balaban J connectivity index is 2.40. The van der Waals surface area contributed by atoms with E-state index in [0.717, 1.165) is 0 Å². The number of hydrogen-bond donors (Lipinski definition) is 1. The number of aromatic nitrogens is 1. The number of aryl methyl sites for hydroxylation is 1. The molecular weight excluding hydrogens is 320 g/mol. The number of nitro groups is 1. The van der Waals surface area contributed by atoms with Gasteiger partial charge < -0.3 is 19.2 Å². The maximum absolute atomic E-state index is 12.2. The van der Waals surface area contributed by atoms with E-state index in [2.05, 4.69) is 4.98 Å². The summed E-state index contributed by atoms with van der Waals surface area (Å²) in [5.41, 5.74) is -1.38. The standard InChI is InChI=1S/C15H14N2O7/c1-8-6-12(13(17(20)21)14(18)16-8)24-15(19)9-4-5-10(22-2)11(7-9)23-3/h4-7H,1-3H3,(H,16,18). The van der Waals surface area contributed by atoms with Crippen LogP contribution in [0.1, 0.15) is 16.1 Å². The van der Waals surface area contributed by atoms with Gasteiger partial charge in [0.25, 0.3) is 0 Å². The van der Waals surface area contributed by atoms with Crippen molar-refractivity contribution in [2.75, 3.05) is 14.2 Å². The SMILES string of the molecule is COc1ccc(C(=O)Oc2cc(C)[nH]c(=O)c2[N+](=O)[O-])cc1OC. The maximum atomic E-state index is 12.2. The highest BCUT2D eigenvalue weighted by atomic mass is 16.6. The summed E-state index contributed by atoms with van der Waals surface area (Å²) in [6.07, 6.45) is 0. The first-order valence-corrected chi connectivity index (χ1v) is 6.70. The number of methoxy groups -OCH3 is 2. The number of carbonyl (C=O) groups is 1. The molecule has 2 aromatic rings. The molecular formula is C15H14N2O7. The second-order valence-corrected chi connectivity index (χ2v) is 4.71. The molecule has 24 heavy (non-hydrogen) atoms. The van der Waals surface area contributed by atoms with Crippen LogP contribution in [0.15, 0.2) is 29.1 Å². The second kappa shape index (κ2) is 6.82. The molecule has 0 fully saturated rings. The molecule has 1 aromatic carbocycles. The Morgan fingerprint density at radius 3 is 2.38 bits per heavy atom. The second-order valence-electron chi connectivity index (χ2n) is 4.71. The molecule has 0 aliphatic rings. The fraction of sp³-hybridized carbons (Fsp3) is 0.200. The first-order chi connectivity index (χ1) is 11.4. The summed E-state index contributed by atoms with van der Waals surface area (Å²) in [5.74, 6) is -0.597. The average Bonchev–Trinajstić information content (AvgIpc) is 2.52. The van der Waals surface area contributed by atoms with Gasteiger partial charge in [0.2, 0.25) is 5.75 Å². The van der Waals surface area contributed by atoms with Crippen molar-refractivity contribution in [2.45, 2.75) is 6.92 Å². The zero-order valence-electron chi connectivity index (χ0n) is 13.1. The smallest absolute Gasteiger partial charge is 0.376 e. The van der Waals surface area contributed by atoms with E-state index in [1.807, 2.05) is 0 Å². The van der Waals surface area contributed by atoms with E-state index in [9.17, 15) is 19.7 Å². The van der Waals surface area contributed by atoms with Crippen molar-refractivity contribution < 1.29 is 23.9 Å². The molecule has 0 aliphatic carbocycles. The molecule has 0 saturated carbocycles. The minimum Gasteiger partial charge on any atom is -0.493 e. The van der Waals surface area contributed by atoms with Crippen molar-refractivity contribution in [2.24, 2.45) is 0 Å². The predicted octanol–water partition coefficient (Wildman–Crippen LogP) is 1.83. The quantitative estimate of drug-likeness (QED) is 0.503. The van der Waals surface area contributed by atoms with Crippen molar-refractivity contribution in [3.63, 3.8) is 0 Å². The van der Waals surface area contributed by atoms with Gasteiger partial charge >= 0.3 is 17.2 Å². The van der Waals surface area contributed by atoms with E-state index in [4.69, 9.17) is 14.2 Å². The molecule has 0 radical (unpaired) electrons. The van der Waals surface area contributed by atoms with E-state index in [0.29, 0.717) is 17.2 Å². The monoisotopic (exact) mass is 334 g/mol. The molecule has 2 rings (SSSR count). The number of H-pyrrole nitrogens is 1. The molecule has 9 nitrogen and oxygen atoms in total. The minimum absolute atomic E-state index is 0.0832. The van der Waals surface area contributed by atoms with Crippen molar-refractivity contribution in [1.29, 1.82) is 0 Å². The number of carbonyl (C=O) groups excluding carboxylic acids is 1. The molecule has 0 spiro atoms. The zero-order chi connectivity index (χ0) is 17.9. The zero-order valence-corrected chi connectivity index (χ0v) is 13.1. The number of esters is 1. The number of nitrogens with zero attached hydrogens (tertiary/aromatic N) is 1. The van der Waals surface area contributed by atoms with Gasteiger partial charge in [0.05, 0.1) is 24.7 Å². The third-order valence-electron chi connectivity index (χ3n) is 3.11. The van der Waals surface area contributed by atoms with Crippen LogP contribution >= 0.6 is 0 Å². The van der Waals surface area contributed by atoms with Crippen molar-refractivity contribution in [3.8, 4) is 17.2 Å². The maximum Gasteiger partial charge on any atom is 0.376 e. The summed E-state index contributed by atoms with van der Waals surface area (Å²) in [7, 11) is 2.84. The fourth-order valence-electron chi connectivity index (χ4n) is 2.02. The average molecular weight is 334 g/mol. The Hall–Kier alpha value is -3.36. The summed E-state index contributed by atoms with van der Waals surface area (Å²) in [4.78, 5) is 36.3. The van der Waals surface area contributed by atoms with Crippen LogP contribution in [0.3, 0.4) is 0 Å². The van der Waals surface area contributed by atoms with Crippen molar-refractivity contribution in [1.82, 2.24) is 4.98 Å². The Labute approximate surface area is 135 Å². The van der Waals surface area contributed by atoms with Gasteiger partial charge in [-0.15, -0.1) is 0 Å². The van der Waals surface area contributed by atoms with Crippen LogP contribution in [0, 0.1) is 17.0 Å². The topological polar surface area (TPSA) is 121 Å². The number of ether oxygens (including phenoxy) is 3. The summed E-state index contributed by atoms with van der Waals surface area (Å²) >= 11 is 0. The number of rotatable bonds is 5. The van der Waals surface area contributed by atoms with Crippen LogP contribution in [0.4, 0.5) is 5.69 Å². The van der Waals surface area contributed by atoms with Crippen LogP contribution in [0.25, 0.3) is 0 Å². The normalized spacial score (nSPS) is 10.1. The van der Waals surface area contributed by atoms with Crippen LogP contribution in [-0.4, -0.2) is 30.1 Å². The van der Waals surface area contributed by atoms with Crippen molar-refractivity contribution in [3.05, 3.63) is 56.0 Å². The fourth-order valence-corrected chi connectivity index (χ4v) is 2.02. The summed E-state index contributed by atoms with van der Waals surface area (Å²) in [6.45, 7) is 1.51. The Morgan fingerprint density at radius 2 is 1.79 bits per heavy atom. The van der Waals surface area contributed by atoms with Crippen LogP contribution in [0.2, 0.25) is 0 Å². The molecule has 0 atom stereocenters. The highest BCUT2D eigenvalue weighted by Crippen LogP contribution is 2.29. The molecule has 1 aromatic heterocycles. The number of pyridine rings is 1. The van der Waals surface area contributed by atoms with Crippen LogP contribution < -0.4 is 19.8 Å². The van der Waals surface area contributed by atoms with Gasteiger partial charge in [-0.1, -0.05) is 0 Å². The molecule has 0 aliphatic heterocycles. The number of hydrogen-bond acceptors (Lipinski definition) is 7. The van der Waals surface area contributed by atoms with Gasteiger partial charge in [0, 0.05) is 11.8 Å². The summed E-state index contributed by atoms with van der Waals surface area (Å²) in [6, 6.07) is 5.48. The van der Waals surface area contributed by atoms with Gasteiger partial charge in [-0.3, -0.25) is 14.9 Å². The lowest BCUT2D eigenvalue weighted by atomic mass is 10.2. The van der Waals surface area contributed by atoms with Gasteiger partial charge in [-0.2, -0.15) is 0 Å². The predicted molar refractivity (Wildman–Crippen MR) is 83.0 cm³/mol. The highest BCUT2D eigenvalue weighted by molar-refractivity contribution is 5.92. The molecule has 1 heterocycles. The van der Waals surface area contributed by atoms with Gasteiger partial charge in [0.15, 0.2) is 11.5 Å². The van der Waals surface area contributed by atoms with Gasteiger partial charge in [-0.25, -0.2) is 4.79 Å². The molecule has 126 valence electrons. The molecule has 0 amide bonds. The molecule has 0 bridgehead atoms. The first-order valence-electron chi connectivity index (χ1n) is 6.70.